The summed E-state index contributed by atoms with van der Waals surface area (Å²) in [6, 6.07) is 14.1. The van der Waals surface area contributed by atoms with E-state index in [4.69, 9.17) is 0 Å². The molecule has 1 aliphatic heterocycles. The number of hydrogen-bond acceptors (Lipinski definition) is 5. The van der Waals surface area contributed by atoms with Crippen molar-refractivity contribution in [3.63, 3.8) is 0 Å². The molecule has 8 heteroatoms. The van der Waals surface area contributed by atoms with Gasteiger partial charge in [0.25, 0.3) is 5.91 Å². The van der Waals surface area contributed by atoms with Crippen LogP contribution in [0.1, 0.15) is 37.0 Å². The van der Waals surface area contributed by atoms with Crippen LogP contribution < -0.4 is 10.6 Å². The number of carbonyl (C=O) groups excluding carboxylic acids is 1. The third-order valence-corrected chi connectivity index (χ3v) is 7.78. The molecule has 1 heterocycles. The van der Waals surface area contributed by atoms with Crippen molar-refractivity contribution in [2.24, 2.45) is 0 Å². The third kappa shape index (κ3) is 5.64. The standard InChI is InChI=1S/C23H32N4O3S/c1-4-27(5-2)31(29,30)20-12-10-18(11-13-20)23(28)25-22-9-7-6-8-21(22)24-19-14-16-26(3)17-15-19/h6-13,19,24H,4-5,14-17H2,1-3H3,(H,25,28). The van der Waals surface area contributed by atoms with E-state index >= 15 is 0 Å². The Balaban J connectivity index is 1.71. The maximum absolute atomic E-state index is 12.8. The lowest BCUT2D eigenvalue weighted by Gasteiger charge is -2.30. The molecule has 0 atom stereocenters. The van der Waals surface area contributed by atoms with Crippen molar-refractivity contribution in [1.29, 1.82) is 0 Å². The average Bonchev–Trinajstić information content (AvgIpc) is 2.77. The van der Waals surface area contributed by atoms with E-state index in [2.05, 4.69) is 22.6 Å². The van der Waals surface area contributed by atoms with Crippen molar-refractivity contribution >= 4 is 27.3 Å². The predicted octanol–water partition coefficient (Wildman–Crippen LogP) is 3.48. The fourth-order valence-corrected chi connectivity index (χ4v) is 5.23. The summed E-state index contributed by atoms with van der Waals surface area (Å²) in [5, 5.41) is 6.51. The molecule has 2 aromatic rings. The van der Waals surface area contributed by atoms with Crippen LogP contribution in [0.3, 0.4) is 0 Å². The Morgan fingerprint density at radius 2 is 1.58 bits per heavy atom. The SMILES string of the molecule is CCN(CC)S(=O)(=O)c1ccc(C(=O)Nc2ccccc2NC2CCN(C)CC2)cc1. The number of carbonyl (C=O) groups is 1. The zero-order valence-corrected chi connectivity index (χ0v) is 19.3. The van der Waals surface area contributed by atoms with Gasteiger partial charge in [0.15, 0.2) is 0 Å². The Kier molecular flexibility index (Phi) is 7.69. The van der Waals surface area contributed by atoms with Gasteiger partial charge in [0.05, 0.1) is 16.3 Å². The minimum Gasteiger partial charge on any atom is -0.381 e. The fourth-order valence-electron chi connectivity index (χ4n) is 3.78. The molecule has 2 aromatic carbocycles. The van der Waals surface area contributed by atoms with E-state index in [0.29, 0.717) is 30.4 Å². The van der Waals surface area contributed by atoms with E-state index < -0.39 is 10.0 Å². The Morgan fingerprint density at radius 3 is 2.16 bits per heavy atom. The highest BCUT2D eigenvalue weighted by Gasteiger charge is 2.22. The van der Waals surface area contributed by atoms with Gasteiger partial charge in [-0.15, -0.1) is 0 Å². The van der Waals surface area contributed by atoms with Crippen LogP contribution in [0, 0.1) is 0 Å². The van der Waals surface area contributed by atoms with E-state index in [1.165, 1.54) is 16.4 Å². The van der Waals surface area contributed by atoms with Crippen LogP contribution in [0.2, 0.25) is 0 Å². The lowest BCUT2D eigenvalue weighted by atomic mass is 10.0. The first-order valence-corrected chi connectivity index (χ1v) is 12.2. The fraction of sp³-hybridized carbons (Fsp3) is 0.435. The van der Waals surface area contributed by atoms with Gasteiger partial charge >= 0.3 is 0 Å². The molecule has 0 radical (unpaired) electrons. The highest BCUT2D eigenvalue weighted by Crippen LogP contribution is 2.25. The van der Waals surface area contributed by atoms with Crippen LogP contribution >= 0.6 is 0 Å². The molecule has 1 fully saturated rings. The summed E-state index contributed by atoms with van der Waals surface area (Å²) in [6.07, 6.45) is 2.11. The van der Waals surface area contributed by atoms with Crippen LogP contribution in [0.5, 0.6) is 0 Å². The number of nitrogens with one attached hydrogen (secondary N) is 2. The number of anilines is 2. The van der Waals surface area contributed by atoms with Crippen molar-refractivity contribution < 1.29 is 13.2 Å². The molecule has 1 saturated heterocycles. The molecular formula is C23H32N4O3S. The molecule has 31 heavy (non-hydrogen) atoms. The molecule has 0 saturated carbocycles. The molecule has 0 bridgehead atoms. The first kappa shape index (κ1) is 23.2. The monoisotopic (exact) mass is 444 g/mol. The number of sulfonamides is 1. The number of rotatable bonds is 8. The minimum atomic E-state index is -3.54. The van der Waals surface area contributed by atoms with Crippen molar-refractivity contribution in [2.75, 3.05) is 43.9 Å². The van der Waals surface area contributed by atoms with Crippen molar-refractivity contribution in [3.8, 4) is 0 Å². The smallest absolute Gasteiger partial charge is 0.255 e. The van der Waals surface area contributed by atoms with Gasteiger partial charge in [-0.05, 0) is 69.4 Å². The summed E-state index contributed by atoms with van der Waals surface area (Å²) in [7, 11) is -1.41. The Hall–Kier alpha value is -2.42. The molecule has 7 nitrogen and oxygen atoms in total. The van der Waals surface area contributed by atoms with Crippen LogP contribution in [0.25, 0.3) is 0 Å². The van der Waals surface area contributed by atoms with Gasteiger partial charge in [-0.1, -0.05) is 26.0 Å². The highest BCUT2D eigenvalue weighted by atomic mass is 32.2. The number of piperidine rings is 1. The quantitative estimate of drug-likeness (QED) is 0.652. The van der Waals surface area contributed by atoms with Crippen LogP contribution in [-0.4, -0.2) is 62.8 Å². The van der Waals surface area contributed by atoms with Crippen LogP contribution in [-0.2, 0) is 10.0 Å². The molecule has 1 aliphatic rings. The molecule has 2 N–H and O–H groups in total. The normalized spacial score (nSPS) is 15.7. The predicted molar refractivity (Wildman–Crippen MR) is 125 cm³/mol. The Bertz CT molecular complexity index is 980. The largest absolute Gasteiger partial charge is 0.381 e. The summed E-state index contributed by atoms with van der Waals surface area (Å²) < 4.78 is 26.7. The van der Waals surface area contributed by atoms with Crippen molar-refractivity contribution in [1.82, 2.24) is 9.21 Å². The topological polar surface area (TPSA) is 81.8 Å². The Morgan fingerprint density at radius 1 is 1.00 bits per heavy atom. The lowest BCUT2D eigenvalue weighted by molar-refractivity contribution is 0.102. The average molecular weight is 445 g/mol. The number of para-hydroxylation sites is 2. The van der Waals surface area contributed by atoms with Crippen LogP contribution in [0.4, 0.5) is 11.4 Å². The van der Waals surface area contributed by atoms with Gasteiger partial charge in [0.1, 0.15) is 0 Å². The molecule has 168 valence electrons. The summed E-state index contributed by atoms with van der Waals surface area (Å²) in [5.41, 5.74) is 2.02. The molecule has 0 aliphatic carbocycles. The maximum atomic E-state index is 12.8. The van der Waals surface area contributed by atoms with Gasteiger partial charge in [0, 0.05) is 24.7 Å². The van der Waals surface area contributed by atoms with Gasteiger partial charge < -0.3 is 15.5 Å². The number of hydrogen-bond donors (Lipinski definition) is 2. The maximum Gasteiger partial charge on any atom is 0.255 e. The molecular weight excluding hydrogens is 412 g/mol. The number of benzene rings is 2. The number of amides is 1. The zero-order valence-electron chi connectivity index (χ0n) is 18.5. The first-order valence-electron chi connectivity index (χ1n) is 10.8. The van der Waals surface area contributed by atoms with Gasteiger partial charge in [0.2, 0.25) is 10.0 Å². The van der Waals surface area contributed by atoms with Crippen molar-refractivity contribution in [2.45, 2.75) is 37.6 Å². The Labute approximate surface area is 185 Å². The van der Waals surface area contributed by atoms with E-state index in [1.54, 1.807) is 26.0 Å². The number of nitrogens with zero attached hydrogens (tertiary/aromatic N) is 2. The second-order valence-electron chi connectivity index (χ2n) is 7.84. The van der Waals surface area contributed by atoms with E-state index in [1.807, 2.05) is 24.3 Å². The first-order chi connectivity index (χ1) is 14.8. The molecule has 0 aromatic heterocycles. The third-order valence-electron chi connectivity index (χ3n) is 5.71. The zero-order chi connectivity index (χ0) is 22.4. The van der Waals surface area contributed by atoms with Crippen LogP contribution in [0.15, 0.2) is 53.4 Å². The van der Waals surface area contributed by atoms with Crippen molar-refractivity contribution in [3.05, 3.63) is 54.1 Å². The highest BCUT2D eigenvalue weighted by molar-refractivity contribution is 7.89. The minimum absolute atomic E-state index is 0.192. The van der Waals surface area contributed by atoms with Gasteiger partial charge in [-0.2, -0.15) is 4.31 Å². The van der Waals surface area contributed by atoms with E-state index in [9.17, 15) is 13.2 Å². The van der Waals surface area contributed by atoms with E-state index in [-0.39, 0.29) is 10.8 Å². The molecule has 0 unspecified atom stereocenters. The summed E-state index contributed by atoms with van der Waals surface area (Å²) in [4.78, 5) is 15.3. The van der Waals surface area contributed by atoms with E-state index in [0.717, 1.165) is 31.6 Å². The molecule has 3 rings (SSSR count). The molecule has 1 amide bonds. The summed E-state index contributed by atoms with van der Waals surface area (Å²) in [5.74, 6) is -0.274. The summed E-state index contributed by atoms with van der Waals surface area (Å²) >= 11 is 0. The summed E-state index contributed by atoms with van der Waals surface area (Å²) in [6.45, 7) is 6.52. The number of likely N-dealkylation sites (tertiary alicyclic amines) is 1. The van der Waals surface area contributed by atoms with Gasteiger partial charge in [-0.3, -0.25) is 4.79 Å². The van der Waals surface area contributed by atoms with Gasteiger partial charge in [-0.25, -0.2) is 8.42 Å². The second kappa shape index (κ2) is 10.3. The lowest BCUT2D eigenvalue weighted by Crippen LogP contribution is -2.36. The molecule has 0 spiro atoms. The second-order valence-corrected chi connectivity index (χ2v) is 9.77.